The van der Waals surface area contributed by atoms with Crippen molar-refractivity contribution in [1.29, 1.82) is 0 Å². The highest BCUT2D eigenvalue weighted by Gasteiger charge is 2.25. The summed E-state index contributed by atoms with van der Waals surface area (Å²) in [5.41, 5.74) is 3.57. The van der Waals surface area contributed by atoms with Crippen molar-refractivity contribution in [3.05, 3.63) is 64.7 Å². The summed E-state index contributed by atoms with van der Waals surface area (Å²) in [6, 6.07) is 13.2. The van der Waals surface area contributed by atoms with Crippen LogP contribution in [0.4, 0.5) is 0 Å². The van der Waals surface area contributed by atoms with Crippen molar-refractivity contribution >= 4 is 10.0 Å². The Hall–Kier alpha value is -1.69. The van der Waals surface area contributed by atoms with E-state index in [1.807, 2.05) is 82.2 Å². The molecule has 2 aromatic rings. The van der Waals surface area contributed by atoms with Gasteiger partial charge in [-0.2, -0.15) is 0 Å². The number of rotatable bonds is 6. The molecule has 0 saturated carbocycles. The minimum atomic E-state index is -3.61. The quantitative estimate of drug-likeness (QED) is 0.874. The zero-order chi connectivity index (χ0) is 17.9. The summed E-state index contributed by atoms with van der Waals surface area (Å²) < 4.78 is 28.9. The Morgan fingerprint density at radius 3 is 2.04 bits per heavy atom. The summed E-state index contributed by atoms with van der Waals surface area (Å²) in [5, 5.41) is 0. The Balaban J connectivity index is 2.41. The molecule has 0 amide bonds. The maximum Gasteiger partial charge on any atom is 0.241 e. The van der Waals surface area contributed by atoms with Gasteiger partial charge in [0.05, 0.1) is 10.9 Å². The number of hydrogen-bond acceptors (Lipinski definition) is 3. The van der Waals surface area contributed by atoms with E-state index in [4.69, 9.17) is 0 Å². The van der Waals surface area contributed by atoms with E-state index >= 15 is 0 Å². The SMILES string of the molecule is Cc1cc(C)c(S(=O)(=O)N[C@@H](CN(C)C)c2ccccc2)c(C)c1. The van der Waals surface area contributed by atoms with Gasteiger partial charge in [0, 0.05) is 6.54 Å². The number of sulfonamides is 1. The van der Waals surface area contributed by atoms with Crippen LogP contribution in [0.25, 0.3) is 0 Å². The van der Waals surface area contributed by atoms with Gasteiger partial charge >= 0.3 is 0 Å². The lowest BCUT2D eigenvalue weighted by atomic mass is 10.1. The molecule has 1 N–H and O–H groups in total. The van der Waals surface area contributed by atoms with Crippen molar-refractivity contribution in [1.82, 2.24) is 9.62 Å². The molecule has 0 aliphatic rings. The molecule has 2 aromatic carbocycles. The monoisotopic (exact) mass is 346 g/mol. The first-order valence-electron chi connectivity index (χ1n) is 8.00. The molecular weight excluding hydrogens is 320 g/mol. The minimum absolute atomic E-state index is 0.300. The molecule has 1 atom stereocenters. The van der Waals surface area contributed by atoms with Crippen LogP contribution in [-0.4, -0.2) is 34.0 Å². The summed E-state index contributed by atoms with van der Waals surface area (Å²) in [7, 11) is 0.266. The molecule has 0 aromatic heterocycles. The van der Waals surface area contributed by atoms with Crippen LogP contribution in [0.3, 0.4) is 0 Å². The highest BCUT2D eigenvalue weighted by Crippen LogP contribution is 2.24. The molecule has 5 heteroatoms. The maximum absolute atomic E-state index is 13.0. The van der Waals surface area contributed by atoms with E-state index in [9.17, 15) is 8.42 Å². The van der Waals surface area contributed by atoms with Gasteiger partial charge in [-0.15, -0.1) is 0 Å². The Morgan fingerprint density at radius 1 is 1.00 bits per heavy atom. The molecule has 2 rings (SSSR count). The van der Waals surface area contributed by atoms with Crippen LogP contribution in [0.2, 0.25) is 0 Å². The van der Waals surface area contributed by atoms with Gasteiger partial charge in [-0.25, -0.2) is 13.1 Å². The summed E-state index contributed by atoms with van der Waals surface area (Å²) in [5.74, 6) is 0. The minimum Gasteiger partial charge on any atom is -0.307 e. The van der Waals surface area contributed by atoms with E-state index in [1.165, 1.54) is 0 Å². The highest BCUT2D eigenvalue weighted by molar-refractivity contribution is 7.89. The molecule has 0 aliphatic heterocycles. The lowest BCUT2D eigenvalue weighted by Crippen LogP contribution is -2.35. The molecule has 0 aliphatic carbocycles. The van der Waals surface area contributed by atoms with Gasteiger partial charge < -0.3 is 4.90 Å². The fraction of sp³-hybridized carbons (Fsp3) is 0.368. The predicted molar refractivity (Wildman–Crippen MR) is 98.7 cm³/mol. The van der Waals surface area contributed by atoms with Crippen molar-refractivity contribution in [3.8, 4) is 0 Å². The molecule has 0 fully saturated rings. The lowest BCUT2D eigenvalue weighted by Gasteiger charge is -2.24. The van der Waals surface area contributed by atoms with Gasteiger partial charge in [-0.05, 0) is 51.6 Å². The molecule has 0 spiro atoms. The number of nitrogens with one attached hydrogen (secondary N) is 1. The number of hydrogen-bond donors (Lipinski definition) is 1. The van der Waals surface area contributed by atoms with Crippen molar-refractivity contribution in [2.45, 2.75) is 31.7 Å². The summed E-state index contributed by atoms with van der Waals surface area (Å²) in [6.07, 6.45) is 0. The van der Waals surface area contributed by atoms with Gasteiger partial charge in [0.2, 0.25) is 10.0 Å². The maximum atomic E-state index is 13.0. The van der Waals surface area contributed by atoms with Crippen molar-refractivity contribution in [3.63, 3.8) is 0 Å². The molecule has 0 saturated heterocycles. The molecule has 0 unspecified atom stereocenters. The van der Waals surface area contributed by atoms with Crippen LogP contribution in [0, 0.1) is 20.8 Å². The number of nitrogens with zero attached hydrogens (tertiary/aromatic N) is 1. The molecular formula is C19H26N2O2S. The number of benzene rings is 2. The number of aryl methyl sites for hydroxylation is 3. The molecule has 4 nitrogen and oxygen atoms in total. The second-order valence-electron chi connectivity index (χ2n) is 6.57. The van der Waals surface area contributed by atoms with Gasteiger partial charge in [-0.1, -0.05) is 48.0 Å². The highest BCUT2D eigenvalue weighted by atomic mass is 32.2. The van der Waals surface area contributed by atoms with E-state index < -0.39 is 10.0 Å². The van der Waals surface area contributed by atoms with E-state index in [-0.39, 0.29) is 6.04 Å². The van der Waals surface area contributed by atoms with Crippen LogP contribution < -0.4 is 4.72 Å². The van der Waals surface area contributed by atoms with Gasteiger partial charge in [0.25, 0.3) is 0 Å². The topological polar surface area (TPSA) is 49.4 Å². The lowest BCUT2D eigenvalue weighted by molar-refractivity contribution is 0.363. The molecule has 0 radical (unpaired) electrons. The average Bonchev–Trinajstić information content (AvgIpc) is 2.45. The van der Waals surface area contributed by atoms with Crippen LogP contribution in [0.5, 0.6) is 0 Å². The standard InChI is InChI=1S/C19H26N2O2S/c1-14-11-15(2)19(16(3)12-14)24(22,23)20-18(13-21(4)5)17-9-7-6-8-10-17/h6-12,18,20H,13H2,1-5H3/t18-/m0/s1. The summed E-state index contributed by atoms with van der Waals surface area (Å²) >= 11 is 0. The Morgan fingerprint density at radius 2 is 1.54 bits per heavy atom. The van der Waals surface area contributed by atoms with Crippen LogP contribution in [-0.2, 0) is 10.0 Å². The third-order valence-corrected chi connectivity index (χ3v) is 5.70. The van der Waals surface area contributed by atoms with Crippen molar-refractivity contribution in [2.24, 2.45) is 0 Å². The van der Waals surface area contributed by atoms with Gasteiger partial charge in [0.15, 0.2) is 0 Å². The van der Waals surface area contributed by atoms with Crippen molar-refractivity contribution in [2.75, 3.05) is 20.6 Å². The Labute approximate surface area is 145 Å². The summed E-state index contributed by atoms with van der Waals surface area (Å²) in [6.45, 7) is 6.26. The second kappa shape index (κ2) is 7.47. The molecule has 24 heavy (non-hydrogen) atoms. The normalized spacial score (nSPS) is 13.2. The van der Waals surface area contributed by atoms with Crippen LogP contribution in [0.15, 0.2) is 47.4 Å². The third-order valence-electron chi connectivity index (χ3n) is 3.92. The van der Waals surface area contributed by atoms with E-state index in [2.05, 4.69) is 4.72 Å². The third kappa shape index (κ3) is 4.44. The Kier molecular flexibility index (Phi) is 5.80. The van der Waals surface area contributed by atoms with Crippen LogP contribution in [0.1, 0.15) is 28.3 Å². The largest absolute Gasteiger partial charge is 0.307 e. The predicted octanol–water partition coefficient (Wildman–Crippen LogP) is 3.19. The second-order valence-corrected chi connectivity index (χ2v) is 8.23. The molecule has 130 valence electrons. The summed E-state index contributed by atoms with van der Waals surface area (Å²) in [4.78, 5) is 2.36. The molecule has 0 heterocycles. The zero-order valence-corrected chi connectivity index (χ0v) is 15.8. The molecule has 0 bridgehead atoms. The van der Waals surface area contributed by atoms with Crippen molar-refractivity contribution < 1.29 is 8.42 Å². The van der Waals surface area contributed by atoms with E-state index in [1.54, 1.807) is 0 Å². The first kappa shape index (κ1) is 18.6. The first-order valence-corrected chi connectivity index (χ1v) is 9.49. The van der Waals surface area contributed by atoms with Gasteiger partial charge in [-0.3, -0.25) is 0 Å². The van der Waals surface area contributed by atoms with E-state index in [0.29, 0.717) is 11.4 Å². The van der Waals surface area contributed by atoms with E-state index in [0.717, 1.165) is 22.3 Å². The van der Waals surface area contributed by atoms with Crippen LogP contribution >= 0.6 is 0 Å². The fourth-order valence-electron chi connectivity index (χ4n) is 3.10. The zero-order valence-electron chi connectivity index (χ0n) is 15.0. The first-order chi connectivity index (χ1) is 11.2. The number of likely N-dealkylation sites (N-methyl/N-ethyl adjacent to an activating group) is 1. The van der Waals surface area contributed by atoms with Gasteiger partial charge in [0.1, 0.15) is 0 Å². The Bertz CT molecular complexity index is 776. The smallest absolute Gasteiger partial charge is 0.241 e. The fourth-order valence-corrected chi connectivity index (χ4v) is 4.77. The average molecular weight is 346 g/mol.